The summed E-state index contributed by atoms with van der Waals surface area (Å²) in [5.41, 5.74) is 0.525. The van der Waals surface area contributed by atoms with E-state index in [4.69, 9.17) is 10.00 Å². The van der Waals surface area contributed by atoms with Gasteiger partial charge in [0, 0.05) is 5.75 Å². The van der Waals surface area contributed by atoms with E-state index in [0.29, 0.717) is 21.2 Å². The van der Waals surface area contributed by atoms with Gasteiger partial charge < -0.3 is 10.1 Å². The molecule has 0 saturated carbocycles. The van der Waals surface area contributed by atoms with Crippen molar-refractivity contribution in [1.29, 1.82) is 5.26 Å². The smallest absolute Gasteiger partial charge is 0.340 e. The van der Waals surface area contributed by atoms with Gasteiger partial charge in [-0.3, -0.25) is 9.00 Å². The average Bonchev–Trinajstić information content (AvgIpc) is 3.07. The van der Waals surface area contributed by atoms with E-state index in [1.165, 1.54) is 24.3 Å². The lowest BCUT2D eigenvalue weighted by Crippen LogP contribution is -2.30. The van der Waals surface area contributed by atoms with Crippen molar-refractivity contribution in [3.8, 4) is 6.07 Å². The van der Waals surface area contributed by atoms with E-state index >= 15 is 0 Å². The normalized spacial score (nSPS) is 12.7. The van der Waals surface area contributed by atoms with E-state index < -0.39 is 28.8 Å². The average molecular weight is 376 g/mol. The van der Waals surface area contributed by atoms with Crippen LogP contribution in [-0.2, 0) is 20.3 Å². The third-order valence-electron chi connectivity index (χ3n) is 3.29. The quantitative estimate of drug-likeness (QED) is 0.782. The highest BCUT2D eigenvalue weighted by Gasteiger charge is 2.23. The number of nitrogens with one attached hydrogen (secondary N) is 1. The molecule has 0 aliphatic rings. The number of ether oxygens (including phenoxy) is 1. The zero-order valence-electron chi connectivity index (χ0n) is 13.6. The van der Waals surface area contributed by atoms with Gasteiger partial charge in [-0.2, -0.15) is 5.26 Å². The van der Waals surface area contributed by atoms with Crippen LogP contribution in [-0.4, -0.2) is 27.9 Å². The molecule has 0 radical (unpaired) electrons. The van der Waals surface area contributed by atoms with Gasteiger partial charge >= 0.3 is 5.97 Å². The fourth-order valence-electron chi connectivity index (χ4n) is 1.97. The molecule has 2 aromatic rings. The summed E-state index contributed by atoms with van der Waals surface area (Å²) < 4.78 is 17.2. The molecule has 25 heavy (non-hydrogen) atoms. The Morgan fingerprint density at radius 2 is 2.08 bits per heavy atom. The van der Waals surface area contributed by atoms with Gasteiger partial charge in [0.05, 0.1) is 26.8 Å². The summed E-state index contributed by atoms with van der Waals surface area (Å²) in [6.45, 7) is 3.19. The molecule has 2 rings (SSSR count). The van der Waals surface area contributed by atoms with Crippen LogP contribution >= 0.6 is 11.3 Å². The minimum absolute atomic E-state index is 0.177. The number of amides is 1. The number of benzene rings is 1. The number of hydrogen-bond acceptors (Lipinski definition) is 6. The first kappa shape index (κ1) is 18.8. The second-order valence-electron chi connectivity index (χ2n) is 4.94. The molecule has 8 heteroatoms. The maximum absolute atomic E-state index is 12.3. The molecule has 1 aromatic carbocycles. The molecule has 1 amide bonds. The zero-order valence-corrected chi connectivity index (χ0v) is 15.3. The van der Waals surface area contributed by atoms with Crippen molar-refractivity contribution in [2.75, 3.05) is 11.1 Å². The molecule has 0 aliphatic heterocycles. The number of rotatable bonds is 6. The molecule has 0 spiro atoms. The molecule has 130 valence electrons. The van der Waals surface area contributed by atoms with Crippen LogP contribution in [0.4, 0.5) is 5.00 Å². The summed E-state index contributed by atoms with van der Waals surface area (Å²) in [5, 5.41) is 13.6. The first-order chi connectivity index (χ1) is 12.0. The summed E-state index contributed by atoms with van der Waals surface area (Å²) >= 11 is 1.21. The monoisotopic (exact) mass is 376 g/mol. The van der Waals surface area contributed by atoms with Crippen LogP contribution in [0.25, 0.3) is 0 Å². The van der Waals surface area contributed by atoms with Crippen LogP contribution in [0.3, 0.4) is 0 Å². The number of esters is 1. The molecule has 0 bridgehead atoms. The number of hydrogen-bond donors (Lipinski definition) is 1. The van der Waals surface area contributed by atoms with Crippen molar-refractivity contribution in [3.63, 3.8) is 0 Å². The molecule has 2 atom stereocenters. The molecular weight excluding hydrogens is 360 g/mol. The SMILES string of the molecule is CC[S@](=O)c1ccccc1C(=O)O[C@H](C)C(=O)Nc1sccc1C#N. The summed E-state index contributed by atoms with van der Waals surface area (Å²) in [7, 11) is -1.31. The Balaban J connectivity index is 2.09. The third-order valence-corrected chi connectivity index (χ3v) is 5.49. The first-order valence-corrected chi connectivity index (χ1v) is 9.64. The minimum Gasteiger partial charge on any atom is -0.449 e. The zero-order chi connectivity index (χ0) is 18.4. The molecule has 1 aromatic heterocycles. The summed E-state index contributed by atoms with van der Waals surface area (Å²) in [5.74, 6) is -0.886. The van der Waals surface area contributed by atoms with E-state index in [9.17, 15) is 13.8 Å². The number of nitrogens with zero attached hydrogens (tertiary/aromatic N) is 1. The van der Waals surface area contributed by atoms with Gasteiger partial charge in [-0.05, 0) is 30.5 Å². The van der Waals surface area contributed by atoms with Crippen LogP contribution in [0.1, 0.15) is 29.8 Å². The number of carbonyl (C=O) groups excluding carboxylic acids is 2. The number of thiophene rings is 1. The lowest BCUT2D eigenvalue weighted by atomic mass is 10.2. The van der Waals surface area contributed by atoms with Crippen molar-refractivity contribution < 1.29 is 18.5 Å². The van der Waals surface area contributed by atoms with Gasteiger partial charge in [-0.1, -0.05) is 19.1 Å². The predicted molar refractivity (Wildman–Crippen MR) is 95.9 cm³/mol. The third kappa shape index (κ3) is 4.53. The van der Waals surface area contributed by atoms with Crippen LogP contribution < -0.4 is 5.32 Å². The van der Waals surface area contributed by atoms with Crippen LogP contribution in [0.15, 0.2) is 40.6 Å². The summed E-state index contributed by atoms with van der Waals surface area (Å²) in [6, 6.07) is 10.0. The summed E-state index contributed by atoms with van der Waals surface area (Å²) in [6.07, 6.45) is -1.07. The van der Waals surface area contributed by atoms with E-state index in [1.54, 1.807) is 36.6 Å². The van der Waals surface area contributed by atoms with Gasteiger partial charge in [-0.15, -0.1) is 11.3 Å². The Bertz CT molecular complexity index is 854. The Kier molecular flexibility index (Phi) is 6.44. The molecule has 6 nitrogen and oxygen atoms in total. The lowest BCUT2D eigenvalue weighted by Gasteiger charge is -2.14. The van der Waals surface area contributed by atoms with Gasteiger partial charge in [-0.25, -0.2) is 4.79 Å². The standard InChI is InChI=1S/C17H16N2O4S2/c1-3-25(22)14-7-5-4-6-13(14)17(21)23-11(2)15(20)19-16-12(10-18)8-9-24-16/h4-9,11H,3H2,1-2H3,(H,19,20)/t11-,25+/m1/s1. The highest BCUT2D eigenvalue weighted by molar-refractivity contribution is 7.85. The number of nitriles is 1. The Labute approximate surface area is 151 Å². The Morgan fingerprint density at radius 3 is 2.76 bits per heavy atom. The van der Waals surface area contributed by atoms with Gasteiger partial charge in [0.2, 0.25) is 0 Å². The summed E-state index contributed by atoms with van der Waals surface area (Å²) in [4.78, 5) is 24.9. The van der Waals surface area contributed by atoms with Gasteiger partial charge in [0.25, 0.3) is 5.91 Å². The molecule has 0 fully saturated rings. The van der Waals surface area contributed by atoms with E-state index in [1.807, 2.05) is 6.07 Å². The topological polar surface area (TPSA) is 96.3 Å². The molecule has 0 saturated heterocycles. The maximum atomic E-state index is 12.3. The first-order valence-electron chi connectivity index (χ1n) is 7.44. The van der Waals surface area contributed by atoms with E-state index in [-0.39, 0.29) is 5.56 Å². The fourth-order valence-corrected chi connectivity index (χ4v) is 3.65. The van der Waals surface area contributed by atoms with E-state index in [2.05, 4.69) is 5.32 Å². The number of anilines is 1. The van der Waals surface area contributed by atoms with Crippen LogP contribution in [0.2, 0.25) is 0 Å². The van der Waals surface area contributed by atoms with Crippen LogP contribution in [0.5, 0.6) is 0 Å². The highest BCUT2D eigenvalue weighted by atomic mass is 32.2. The van der Waals surface area contributed by atoms with E-state index in [0.717, 1.165) is 0 Å². The number of carbonyl (C=O) groups is 2. The molecular formula is C17H16N2O4S2. The molecule has 1 heterocycles. The highest BCUT2D eigenvalue weighted by Crippen LogP contribution is 2.22. The van der Waals surface area contributed by atoms with Crippen molar-refractivity contribution in [2.45, 2.75) is 24.8 Å². The Morgan fingerprint density at radius 1 is 1.36 bits per heavy atom. The molecule has 0 unspecified atom stereocenters. The second-order valence-corrected chi connectivity index (χ2v) is 7.57. The van der Waals surface area contributed by atoms with Gasteiger partial charge in [0.1, 0.15) is 11.1 Å². The lowest BCUT2D eigenvalue weighted by molar-refractivity contribution is -0.123. The van der Waals surface area contributed by atoms with Gasteiger partial charge in [0.15, 0.2) is 6.10 Å². The fraction of sp³-hybridized carbons (Fsp3) is 0.235. The van der Waals surface area contributed by atoms with Crippen molar-refractivity contribution >= 4 is 39.0 Å². The molecule has 0 aliphatic carbocycles. The van der Waals surface area contributed by atoms with Crippen molar-refractivity contribution in [1.82, 2.24) is 0 Å². The largest absolute Gasteiger partial charge is 0.449 e. The minimum atomic E-state index is -1.31. The van der Waals surface area contributed by atoms with Crippen LogP contribution in [0, 0.1) is 11.3 Å². The second kappa shape index (κ2) is 8.55. The predicted octanol–water partition coefficient (Wildman–Crippen LogP) is 2.93. The maximum Gasteiger partial charge on any atom is 0.340 e. The Hall–Kier alpha value is -2.50. The van der Waals surface area contributed by atoms with Crippen molar-refractivity contribution in [2.24, 2.45) is 0 Å². The van der Waals surface area contributed by atoms with Crippen molar-refractivity contribution in [3.05, 3.63) is 46.8 Å². The molecule has 1 N–H and O–H groups in total.